The van der Waals surface area contributed by atoms with Crippen LogP contribution in [0, 0.1) is 10.1 Å². The molecule has 0 spiro atoms. The van der Waals surface area contributed by atoms with Crippen LogP contribution in [-0.4, -0.2) is 28.9 Å². The van der Waals surface area contributed by atoms with Gasteiger partial charge >= 0.3 is 0 Å². The van der Waals surface area contributed by atoms with Gasteiger partial charge in [0.05, 0.1) is 4.92 Å². The number of benzene rings is 1. The van der Waals surface area contributed by atoms with E-state index in [1.165, 1.54) is 6.07 Å². The number of nitrogens with one attached hydrogen (secondary N) is 2. The predicted molar refractivity (Wildman–Crippen MR) is 87.5 cm³/mol. The Morgan fingerprint density at radius 1 is 1.30 bits per heavy atom. The Kier molecular flexibility index (Phi) is 5.62. The second-order valence-electron chi connectivity index (χ2n) is 4.85. The molecule has 0 bridgehead atoms. The van der Waals surface area contributed by atoms with Crippen LogP contribution in [0.25, 0.3) is 0 Å². The van der Waals surface area contributed by atoms with Crippen LogP contribution in [0.3, 0.4) is 0 Å². The summed E-state index contributed by atoms with van der Waals surface area (Å²) in [5.74, 6) is -0.341. The number of pyridine rings is 1. The number of hydrogen-bond acceptors (Lipinski definition) is 5. The van der Waals surface area contributed by atoms with Crippen molar-refractivity contribution in [3.63, 3.8) is 0 Å². The molecular weight excluding hydrogens is 296 g/mol. The fourth-order valence-electron chi connectivity index (χ4n) is 2.12. The lowest BCUT2D eigenvalue weighted by Crippen LogP contribution is -2.26. The van der Waals surface area contributed by atoms with E-state index in [1.54, 1.807) is 18.3 Å². The molecule has 0 atom stereocenters. The zero-order valence-electron chi connectivity index (χ0n) is 12.8. The molecule has 0 radical (unpaired) electrons. The smallest absolute Gasteiger partial charge is 0.293 e. The molecule has 1 aromatic heterocycles. The van der Waals surface area contributed by atoms with Crippen LogP contribution in [0.4, 0.5) is 11.4 Å². The molecule has 1 aromatic carbocycles. The van der Waals surface area contributed by atoms with Gasteiger partial charge in [-0.1, -0.05) is 6.07 Å². The summed E-state index contributed by atoms with van der Waals surface area (Å²) in [7, 11) is 0. The molecule has 7 heteroatoms. The number of amides is 1. The molecule has 0 saturated heterocycles. The third-order valence-corrected chi connectivity index (χ3v) is 3.22. The molecule has 0 aliphatic carbocycles. The molecule has 0 aliphatic rings. The largest absolute Gasteiger partial charge is 0.380 e. The van der Waals surface area contributed by atoms with E-state index in [9.17, 15) is 14.9 Å². The summed E-state index contributed by atoms with van der Waals surface area (Å²) >= 11 is 0. The Hall–Kier alpha value is -2.96. The molecule has 0 fully saturated rings. The normalized spacial score (nSPS) is 10.1. The summed E-state index contributed by atoms with van der Waals surface area (Å²) < 4.78 is 0. The molecule has 23 heavy (non-hydrogen) atoms. The number of nitro benzene ring substituents is 1. The van der Waals surface area contributed by atoms with Gasteiger partial charge < -0.3 is 10.6 Å². The van der Waals surface area contributed by atoms with Crippen LogP contribution >= 0.6 is 0 Å². The molecule has 2 aromatic rings. The molecule has 0 unspecified atom stereocenters. The Morgan fingerprint density at radius 3 is 2.78 bits per heavy atom. The molecule has 2 rings (SSSR count). The van der Waals surface area contributed by atoms with Gasteiger partial charge in [-0.3, -0.25) is 19.9 Å². The second kappa shape index (κ2) is 7.88. The molecule has 7 nitrogen and oxygen atoms in total. The molecule has 1 amide bonds. The highest BCUT2D eigenvalue weighted by Gasteiger charge is 2.16. The number of nitrogens with zero attached hydrogens (tertiary/aromatic N) is 2. The SMILES string of the molecule is CCNc1ccc(C(=O)NCCc2ccccn2)cc1[N+](=O)[O-]. The Balaban J connectivity index is 2.01. The lowest BCUT2D eigenvalue weighted by molar-refractivity contribution is -0.384. The number of anilines is 1. The number of nitro groups is 1. The zero-order chi connectivity index (χ0) is 16.7. The number of carbonyl (C=O) groups is 1. The van der Waals surface area contributed by atoms with Crippen molar-refractivity contribution in [2.75, 3.05) is 18.4 Å². The lowest BCUT2D eigenvalue weighted by atomic mass is 10.1. The minimum absolute atomic E-state index is 0.107. The molecular formula is C16H18N4O3. The van der Waals surface area contributed by atoms with E-state index in [1.807, 2.05) is 25.1 Å². The summed E-state index contributed by atoms with van der Waals surface area (Å²) in [6.07, 6.45) is 2.30. The molecule has 2 N–H and O–H groups in total. The van der Waals surface area contributed by atoms with Crippen molar-refractivity contribution in [3.05, 3.63) is 64.0 Å². The van der Waals surface area contributed by atoms with Crippen molar-refractivity contribution in [3.8, 4) is 0 Å². The van der Waals surface area contributed by atoms with Crippen molar-refractivity contribution in [1.82, 2.24) is 10.3 Å². The van der Waals surface area contributed by atoms with Crippen LogP contribution in [-0.2, 0) is 6.42 Å². The van der Waals surface area contributed by atoms with E-state index >= 15 is 0 Å². The van der Waals surface area contributed by atoms with E-state index < -0.39 is 4.92 Å². The van der Waals surface area contributed by atoms with Gasteiger partial charge in [-0.15, -0.1) is 0 Å². The first-order valence-corrected chi connectivity index (χ1v) is 7.32. The average Bonchev–Trinajstić information content (AvgIpc) is 2.56. The molecule has 0 aliphatic heterocycles. The van der Waals surface area contributed by atoms with Crippen LogP contribution in [0.5, 0.6) is 0 Å². The van der Waals surface area contributed by atoms with Gasteiger partial charge in [0.1, 0.15) is 5.69 Å². The summed E-state index contributed by atoms with van der Waals surface area (Å²) in [6, 6.07) is 9.99. The van der Waals surface area contributed by atoms with Crippen LogP contribution < -0.4 is 10.6 Å². The zero-order valence-corrected chi connectivity index (χ0v) is 12.8. The van der Waals surface area contributed by atoms with E-state index in [-0.39, 0.29) is 17.2 Å². The number of aromatic nitrogens is 1. The molecule has 1 heterocycles. The van der Waals surface area contributed by atoms with E-state index in [0.29, 0.717) is 25.2 Å². The summed E-state index contributed by atoms with van der Waals surface area (Å²) in [5.41, 5.74) is 1.44. The minimum Gasteiger partial charge on any atom is -0.380 e. The lowest BCUT2D eigenvalue weighted by Gasteiger charge is -2.08. The first-order chi connectivity index (χ1) is 11.1. The maximum absolute atomic E-state index is 12.1. The van der Waals surface area contributed by atoms with Gasteiger partial charge in [0.25, 0.3) is 11.6 Å². The summed E-state index contributed by atoms with van der Waals surface area (Å²) in [6.45, 7) is 2.83. The number of carbonyl (C=O) groups excluding carboxylic acids is 1. The highest BCUT2D eigenvalue weighted by molar-refractivity contribution is 5.95. The topological polar surface area (TPSA) is 97.2 Å². The van der Waals surface area contributed by atoms with Gasteiger partial charge in [0.15, 0.2) is 0 Å². The highest BCUT2D eigenvalue weighted by Crippen LogP contribution is 2.25. The van der Waals surface area contributed by atoms with Gasteiger partial charge in [0, 0.05) is 43.0 Å². The molecule has 0 saturated carbocycles. The Morgan fingerprint density at radius 2 is 2.13 bits per heavy atom. The average molecular weight is 314 g/mol. The van der Waals surface area contributed by atoms with Gasteiger partial charge in [-0.05, 0) is 31.2 Å². The van der Waals surface area contributed by atoms with E-state index in [4.69, 9.17) is 0 Å². The van der Waals surface area contributed by atoms with Gasteiger partial charge in [-0.25, -0.2) is 0 Å². The van der Waals surface area contributed by atoms with E-state index in [0.717, 1.165) is 5.69 Å². The van der Waals surface area contributed by atoms with Crippen LogP contribution in [0.1, 0.15) is 23.0 Å². The standard InChI is InChI=1S/C16H18N4O3/c1-2-17-14-7-6-12(11-15(14)20(22)23)16(21)19-10-8-13-5-3-4-9-18-13/h3-7,9,11,17H,2,8,10H2,1H3,(H,19,21). The third kappa shape index (κ3) is 4.50. The van der Waals surface area contributed by atoms with Crippen molar-refractivity contribution in [2.24, 2.45) is 0 Å². The van der Waals surface area contributed by atoms with Gasteiger partial charge in [0.2, 0.25) is 0 Å². The summed E-state index contributed by atoms with van der Waals surface area (Å²) in [5, 5.41) is 16.7. The first-order valence-electron chi connectivity index (χ1n) is 7.32. The number of rotatable bonds is 7. The molecule has 120 valence electrons. The quantitative estimate of drug-likeness (QED) is 0.604. The minimum atomic E-state index is -0.497. The maximum atomic E-state index is 12.1. The first kappa shape index (κ1) is 16.4. The van der Waals surface area contributed by atoms with E-state index in [2.05, 4.69) is 15.6 Å². The second-order valence-corrected chi connectivity index (χ2v) is 4.85. The fourth-order valence-corrected chi connectivity index (χ4v) is 2.12. The highest BCUT2D eigenvalue weighted by atomic mass is 16.6. The number of hydrogen-bond donors (Lipinski definition) is 2. The van der Waals surface area contributed by atoms with Crippen LogP contribution in [0.15, 0.2) is 42.6 Å². The maximum Gasteiger partial charge on any atom is 0.293 e. The monoisotopic (exact) mass is 314 g/mol. The summed E-state index contributed by atoms with van der Waals surface area (Å²) in [4.78, 5) is 26.9. The van der Waals surface area contributed by atoms with Crippen molar-refractivity contribution >= 4 is 17.3 Å². The Bertz CT molecular complexity index is 689. The van der Waals surface area contributed by atoms with Crippen molar-refractivity contribution < 1.29 is 9.72 Å². The predicted octanol–water partition coefficient (Wildman–Crippen LogP) is 2.39. The van der Waals surface area contributed by atoms with Crippen molar-refractivity contribution in [1.29, 1.82) is 0 Å². The fraction of sp³-hybridized carbons (Fsp3) is 0.250. The van der Waals surface area contributed by atoms with Gasteiger partial charge in [-0.2, -0.15) is 0 Å². The van der Waals surface area contributed by atoms with Crippen molar-refractivity contribution in [2.45, 2.75) is 13.3 Å². The third-order valence-electron chi connectivity index (χ3n) is 3.22. The Labute approximate surface area is 133 Å². The van der Waals surface area contributed by atoms with Crippen LogP contribution in [0.2, 0.25) is 0 Å².